The average molecular weight is 285 g/mol. The Morgan fingerprint density at radius 2 is 1.95 bits per heavy atom. The fraction of sp³-hybridized carbons (Fsp3) is 0.412. The van der Waals surface area contributed by atoms with Crippen LogP contribution in [0.4, 0.5) is 0 Å². The molecule has 110 valence electrons. The maximum Gasteiger partial charge on any atom is 0.373 e. The lowest BCUT2D eigenvalue weighted by atomic mass is 9.84. The zero-order valence-electron chi connectivity index (χ0n) is 12.5. The molecule has 1 aromatic carbocycles. The minimum atomic E-state index is -1.04. The smallest absolute Gasteiger partial charge is 0.373 e. The molecule has 0 unspecified atom stereocenters. The van der Waals surface area contributed by atoms with Crippen LogP contribution in [0.5, 0.6) is 0 Å². The Balaban J connectivity index is 2.13. The van der Waals surface area contributed by atoms with Gasteiger partial charge in [-0.3, -0.25) is 0 Å². The SMILES string of the molecule is CC(C)(C)c1ccccc1-c1nc(C2CC2)c(C(=O)O)o1. The predicted molar refractivity (Wildman–Crippen MR) is 79.6 cm³/mol. The van der Waals surface area contributed by atoms with Crippen molar-refractivity contribution in [2.24, 2.45) is 0 Å². The highest BCUT2D eigenvalue weighted by Gasteiger charge is 2.34. The van der Waals surface area contributed by atoms with Crippen LogP contribution in [0.3, 0.4) is 0 Å². The summed E-state index contributed by atoms with van der Waals surface area (Å²) in [6, 6.07) is 7.88. The summed E-state index contributed by atoms with van der Waals surface area (Å²) in [4.78, 5) is 15.8. The van der Waals surface area contributed by atoms with Gasteiger partial charge in [0.2, 0.25) is 11.7 Å². The van der Waals surface area contributed by atoms with Crippen molar-refractivity contribution in [1.82, 2.24) is 4.98 Å². The van der Waals surface area contributed by atoms with Crippen LogP contribution < -0.4 is 0 Å². The fourth-order valence-corrected chi connectivity index (χ4v) is 2.56. The van der Waals surface area contributed by atoms with Gasteiger partial charge < -0.3 is 9.52 Å². The Morgan fingerprint density at radius 3 is 2.52 bits per heavy atom. The van der Waals surface area contributed by atoms with Crippen LogP contribution in [0.15, 0.2) is 28.7 Å². The summed E-state index contributed by atoms with van der Waals surface area (Å²) in [5, 5.41) is 9.30. The Hall–Kier alpha value is -2.10. The van der Waals surface area contributed by atoms with E-state index in [-0.39, 0.29) is 17.1 Å². The monoisotopic (exact) mass is 285 g/mol. The molecule has 1 saturated carbocycles. The highest BCUT2D eigenvalue weighted by Crippen LogP contribution is 2.43. The van der Waals surface area contributed by atoms with Crippen molar-refractivity contribution in [3.63, 3.8) is 0 Å². The maximum atomic E-state index is 11.3. The van der Waals surface area contributed by atoms with Crippen LogP contribution in [-0.4, -0.2) is 16.1 Å². The first-order valence-electron chi connectivity index (χ1n) is 7.22. The zero-order valence-corrected chi connectivity index (χ0v) is 12.5. The molecule has 1 heterocycles. The maximum absolute atomic E-state index is 11.3. The quantitative estimate of drug-likeness (QED) is 0.917. The number of rotatable bonds is 3. The van der Waals surface area contributed by atoms with Crippen LogP contribution in [0.25, 0.3) is 11.5 Å². The number of carboxylic acids is 1. The van der Waals surface area contributed by atoms with Crippen molar-refractivity contribution in [2.75, 3.05) is 0 Å². The normalized spacial score (nSPS) is 15.2. The molecule has 1 fully saturated rings. The third-order valence-electron chi connectivity index (χ3n) is 3.78. The first-order valence-corrected chi connectivity index (χ1v) is 7.22. The largest absolute Gasteiger partial charge is 0.475 e. The van der Waals surface area contributed by atoms with Crippen LogP contribution in [0.2, 0.25) is 0 Å². The number of carbonyl (C=O) groups is 1. The molecule has 0 bridgehead atoms. The van der Waals surface area contributed by atoms with E-state index in [0.717, 1.165) is 24.0 Å². The summed E-state index contributed by atoms with van der Waals surface area (Å²) in [6.45, 7) is 6.36. The van der Waals surface area contributed by atoms with Crippen LogP contribution >= 0.6 is 0 Å². The molecule has 0 spiro atoms. The van der Waals surface area contributed by atoms with Crippen LogP contribution in [0, 0.1) is 0 Å². The fourth-order valence-electron chi connectivity index (χ4n) is 2.56. The van der Waals surface area contributed by atoms with Gasteiger partial charge in [-0.25, -0.2) is 9.78 Å². The van der Waals surface area contributed by atoms with E-state index in [1.807, 2.05) is 24.3 Å². The minimum absolute atomic E-state index is 0.00351. The summed E-state index contributed by atoms with van der Waals surface area (Å²) in [5.41, 5.74) is 2.51. The van der Waals surface area contributed by atoms with Crippen molar-refractivity contribution >= 4 is 5.97 Å². The zero-order chi connectivity index (χ0) is 15.2. The van der Waals surface area contributed by atoms with E-state index in [1.165, 1.54) is 0 Å². The van der Waals surface area contributed by atoms with Gasteiger partial charge in [-0.15, -0.1) is 0 Å². The second-order valence-electron chi connectivity index (χ2n) is 6.61. The molecule has 2 aromatic rings. The van der Waals surface area contributed by atoms with Crippen molar-refractivity contribution in [1.29, 1.82) is 0 Å². The summed E-state index contributed by atoms with van der Waals surface area (Å²) >= 11 is 0. The Bertz CT molecular complexity index is 690. The molecule has 0 amide bonds. The van der Waals surface area contributed by atoms with Crippen LogP contribution in [0.1, 0.15) is 61.3 Å². The number of aromatic nitrogens is 1. The number of oxazole rings is 1. The first-order chi connectivity index (χ1) is 9.88. The topological polar surface area (TPSA) is 63.3 Å². The number of benzene rings is 1. The molecule has 0 aliphatic heterocycles. The van der Waals surface area contributed by atoms with E-state index >= 15 is 0 Å². The van der Waals surface area contributed by atoms with Gasteiger partial charge in [-0.05, 0) is 29.9 Å². The van der Waals surface area contributed by atoms with E-state index in [4.69, 9.17) is 4.42 Å². The van der Waals surface area contributed by atoms with E-state index in [9.17, 15) is 9.90 Å². The van der Waals surface area contributed by atoms with Gasteiger partial charge in [-0.1, -0.05) is 39.0 Å². The van der Waals surface area contributed by atoms with Crippen molar-refractivity contribution in [3.8, 4) is 11.5 Å². The van der Waals surface area contributed by atoms with Crippen molar-refractivity contribution in [2.45, 2.75) is 44.9 Å². The van der Waals surface area contributed by atoms with Gasteiger partial charge in [0.05, 0.1) is 5.69 Å². The standard InChI is InChI=1S/C17H19NO3/c1-17(2,3)12-7-5-4-6-11(12)15-18-13(10-8-9-10)14(21-15)16(19)20/h4-7,10H,8-9H2,1-3H3,(H,19,20). The van der Waals surface area contributed by atoms with E-state index < -0.39 is 5.97 Å². The first kappa shape index (κ1) is 13.9. The highest BCUT2D eigenvalue weighted by molar-refractivity contribution is 5.86. The summed E-state index contributed by atoms with van der Waals surface area (Å²) in [5.74, 6) is -0.379. The molecule has 4 nitrogen and oxygen atoms in total. The number of aromatic carboxylic acids is 1. The number of nitrogens with zero attached hydrogens (tertiary/aromatic N) is 1. The molecule has 21 heavy (non-hydrogen) atoms. The Kier molecular flexibility index (Phi) is 3.12. The molecule has 4 heteroatoms. The molecule has 1 aromatic heterocycles. The highest BCUT2D eigenvalue weighted by atomic mass is 16.4. The lowest BCUT2D eigenvalue weighted by Gasteiger charge is -2.21. The lowest BCUT2D eigenvalue weighted by Crippen LogP contribution is -2.12. The van der Waals surface area contributed by atoms with Crippen LogP contribution in [-0.2, 0) is 5.41 Å². The number of hydrogen-bond acceptors (Lipinski definition) is 3. The Morgan fingerprint density at radius 1 is 1.29 bits per heavy atom. The minimum Gasteiger partial charge on any atom is -0.475 e. The van der Waals surface area contributed by atoms with E-state index in [2.05, 4.69) is 25.8 Å². The third-order valence-corrected chi connectivity index (χ3v) is 3.78. The summed E-state index contributed by atoms with van der Waals surface area (Å²) in [6.07, 6.45) is 1.99. The molecule has 1 aliphatic carbocycles. The predicted octanol–water partition coefficient (Wildman–Crippen LogP) is 4.21. The van der Waals surface area contributed by atoms with Gasteiger partial charge >= 0.3 is 5.97 Å². The molecule has 1 aliphatic rings. The second-order valence-corrected chi connectivity index (χ2v) is 6.61. The molecule has 3 rings (SSSR count). The summed E-state index contributed by atoms with van der Waals surface area (Å²) < 4.78 is 5.59. The molecule has 0 radical (unpaired) electrons. The second kappa shape index (κ2) is 4.72. The third kappa shape index (κ3) is 2.58. The van der Waals surface area contributed by atoms with Gasteiger partial charge in [0.25, 0.3) is 0 Å². The molecule has 1 N–H and O–H groups in total. The number of carboxylic acid groups (broad SMARTS) is 1. The van der Waals surface area contributed by atoms with Gasteiger partial charge in [0.15, 0.2) is 0 Å². The number of hydrogen-bond donors (Lipinski definition) is 1. The van der Waals surface area contributed by atoms with Gasteiger partial charge in [0, 0.05) is 11.5 Å². The van der Waals surface area contributed by atoms with Gasteiger partial charge in [0.1, 0.15) is 0 Å². The molecule has 0 atom stereocenters. The summed E-state index contributed by atoms with van der Waals surface area (Å²) in [7, 11) is 0. The van der Waals surface area contributed by atoms with Crippen molar-refractivity contribution in [3.05, 3.63) is 41.3 Å². The Labute approximate surface area is 123 Å². The average Bonchev–Trinajstić information content (AvgIpc) is 3.16. The van der Waals surface area contributed by atoms with Gasteiger partial charge in [-0.2, -0.15) is 0 Å². The van der Waals surface area contributed by atoms with E-state index in [1.54, 1.807) is 0 Å². The molecular formula is C17H19NO3. The molecular weight excluding hydrogens is 266 g/mol. The van der Waals surface area contributed by atoms with E-state index in [0.29, 0.717) is 11.6 Å². The lowest BCUT2D eigenvalue weighted by molar-refractivity contribution is 0.0661. The molecule has 0 saturated heterocycles. The van der Waals surface area contributed by atoms with Crippen molar-refractivity contribution < 1.29 is 14.3 Å².